The molecule has 2 aromatic heterocycles. The van der Waals surface area contributed by atoms with E-state index in [2.05, 4.69) is 50.2 Å². The minimum absolute atomic E-state index is 0.213. The van der Waals surface area contributed by atoms with Crippen molar-refractivity contribution in [1.82, 2.24) is 24.4 Å². The molecule has 4 aliphatic heterocycles. The Morgan fingerprint density at radius 2 is 2.03 bits per heavy atom. The van der Waals surface area contributed by atoms with Crippen LogP contribution in [-0.4, -0.2) is 72.8 Å². The van der Waals surface area contributed by atoms with Gasteiger partial charge in [0, 0.05) is 49.1 Å². The van der Waals surface area contributed by atoms with Crippen molar-refractivity contribution in [2.24, 2.45) is 0 Å². The molecule has 2 aromatic rings. The fourth-order valence-electron chi connectivity index (χ4n) is 5.34. The van der Waals surface area contributed by atoms with Crippen LogP contribution in [0.3, 0.4) is 0 Å². The number of hydrogen-bond acceptors (Lipinski definition) is 5. The summed E-state index contributed by atoms with van der Waals surface area (Å²) in [7, 11) is 0. The van der Waals surface area contributed by atoms with Gasteiger partial charge in [0.1, 0.15) is 18.4 Å². The summed E-state index contributed by atoms with van der Waals surface area (Å²) in [6.07, 6.45) is 16.6. The molecule has 1 amide bonds. The maximum absolute atomic E-state index is 13.0. The van der Waals surface area contributed by atoms with Crippen LogP contribution in [0.2, 0.25) is 0 Å². The zero-order valence-electron chi connectivity index (χ0n) is 18.0. The molecule has 8 heteroatoms. The van der Waals surface area contributed by atoms with Gasteiger partial charge in [0.25, 0.3) is 5.91 Å². The number of aromatic nitrogens is 3. The van der Waals surface area contributed by atoms with Gasteiger partial charge >= 0.3 is 0 Å². The zero-order valence-corrected chi connectivity index (χ0v) is 18.8. The summed E-state index contributed by atoms with van der Waals surface area (Å²) in [5, 5.41) is 2.53. The lowest BCUT2D eigenvalue weighted by atomic mass is 10.1. The van der Waals surface area contributed by atoms with Gasteiger partial charge in [-0.3, -0.25) is 9.78 Å². The van der Waals surface area contributed by atoms with Crippen molar-refractivity contribution < 1.29 is 9.39 Å². The number of piperidine rings is 1. The van der Waals surface area contributed by atoms with Crippen molar-refractivity contribution in [2.75, 3.05) is 37.8 Å². The maximum atomic E-state index is 13.0. The second-order valence-electron chi connectivity index (χ2n) is 8.75. The minimum Gasteiger partial charge on any atom is -0.329 e. The number of amides is 1. The number of fused-ring (bicyclic) bond motifs is 1. The number of allylic oxidation sites excluding steroid dienone is 3. The van der Waals surface area contributed by atoms with Gasteiger partial charge < -0.3 is 9.47 Å². The molecule has 0 unspecified atom stereocenters. The first-order valence-electron chi connectivity index (χ1n) is 11.3. The van der Waals surface area contributed by atoms with Gasteiger partial charge in [0.15, 0.2) is 11.5 Å². The van der Waals surface area contributed by atoms with Crippen LogP contribution in [0.4, 0.5) is 0 Å². The van der Waals surface area contributed by atoms with Crippen LogP contribution in [-0.2, 0) is 4.79 Å². The third kappa shape index (κ3) is 3.25. The number of carbonyl (C=O) groups is 1. The Labute approximate surface area is 192 Å². The van der Waals surface area contributed by atoms with Crippen LogP contribution in [0, 0.1) is 0 Å². The number of imidazole rings is 1. The normalized spacial score (nSPS) is 25.8. The third-order valence-corrected chi connectivity index (χ3v) is 7.96. The predicted molar refractivity (Wildman–Crippen MR) is 125 cm³/mol. The Bertz CT molecular complexity index is 1110. The second kappa shape index (κ2) is 8.03. The number of quaternary nitrogens is 1. The molecule has 0 spiro atoms. The number of thioether (sulfide) groups is 1. The van der Waals surface area contributed by atoms with Crippen LogP contribution < -0.4 is 0 Å². The van der Waals surface area contributed by atoms with E-state index in [9.17, 15) is 4.79 Å². The fraction of sp³-hybridized carbons (Fsp3) is 0.375. The van der Waals surface area contributed by atoms with Crippen LogP contribution in [0.15, 0.2) is 72.5 Å². The average Bonchev–Trinajstić information content (AvgIpc) is 3.63. The van der Waals surface area contributed by atoms with E-state index in [1.807, 2.05) is 47.3 Å². The molecule has 4 aliphatic rings. The highest BCUT2D eigenvalue weighted by molar-refractivity contribution is 7.99. The van der Waals surface area contributed by atoms with E-state index in [4.69, 9.17) is 0 Å². The number of pyridine rings is 1. The Kier molecular flexibility index (Phi) is 5.01. The smallest absolute Gasteiger partial charge is 0.256 e. The predicted octanol–water partition coefficient (Wildman–Crippen LogP) is 3.20. The Hall–Kier alpha value is -2.68. The molecule has 0 saturated carbocycles. The van der Waals surface area contributed by atoms with Crippen molar-refractivity contribution in [3.05, 3.63) is 72.5 Å². The van der Waals surface area contributed by atoms with E-state index in [1.54, 1.807) is 0 Å². The molecular formula is C24H27N6OS+. The first kappa shape index (κ1) is 20.0. The van der Waals surface area contributed by atoms with Gasteiger partial charge in [0.05, 0.1) is 24.5 Å². The first-order chi connectivity index (χ1) is 15.7. The topological polar surface area (TPSA) is 54.3 Å². The van der Waals surface area contributed by atoms with E-state index in [-0.39, 0.29) is 5.91 Å². The van der Waals surface area contributed by atoms with Crippen LogP contribution >= 0.6 is 11.8 Å². The minimum atomic E-state index is 0.213. The number of carbonyl (C=O) groups excluding carboxylic acids is 1. The quantitative estimate of drug-likeness (QED) is 0.674. The van der Waals surface area contributed by atoms with Gasteiger partial charge in [-0.2, -0.15) is 4.59 Å². The summed E-state index contributed by atoms with van der Waals surface area (Å²) < 4.78 is 2.96. The van der Waals surface area contributed by atoms with Crippen molar-refractivity contribution in [3.63, 3.8) is 0 Å². The number of rotatable bonds is 4. The Morgan fingerprint density at radius 3 is 2.81 bits per heavy atom. The highest BCUT2D eigenvalue weighted by Crippen LogP contribution is 2.40. The van der Waals surface area contributed by atoms with Crippen LogP contribution in [0.5, 0.6) is 0 Å². The summed E-state index contributed by atoms with van der Waals surface area (Å²) in [6.45, 7) is 3.55. The number of hydrogen-bond donors (Lipinski definition) is 0. The van der Waals surface area contributed by atoms with Gasteiger partial charge in [-0.25, -0.2) is 4.98 Å². The molecule has 0 radical (unpaired) electrons. The molecule has 2 saturated heterocycles. The molecule has 0 N–H and O–H groups in total. The van der Waals surface area contributed by atoms with Gasteiger partial charge in [-0.1, -0.05) is 6.07 Å². The zero-order chi connectivity index (χ0) is 21.5. The summed E-state index contributed by atoms with van der Waals surface area (Å²) in [5.41, 5.74) is 3.08. The van der Waals surface area contributed by atoms with E-state index in [0.717, 1.165) is 67.7 Å². The van der Waals surface area contributed by atoms with Crippen molar-refractivity contribution >= 4 is 17.7 Å². The molecule has 2 fully saturated rings. The van der Waals surface area contributed by atoms with E-state index >= 15 is 0 Å². The van der Waals surface area contributed by atoms with Gasteiger partial charge in [0.2, 0.25) is 0 Å². The standard InChI is InChI=1S/C24H27N6OS/c31-24(27-13-15-32-18-27)19-16-21-4-3-14-30(21,17-19)28-10-6-20(7-11-28)29-12-9-26-23(29)22-5-1-2-8-25-22/h1-5,8-9,12,14,16,20H,6-7,10-11,13,15,17-18H2/q+1/t30-/m1/s1. The second-order valence-corrected chi connectivity index (χ2v) is 9.83. The molecule has 32 heavy (non-hydrogen) atoms. The molecule has 6 heterocycles. The van der Waals surface area contributed by atoms with Crippen LogP contribution in [0.1, 0.15) is 18.9 Å². The molecule has 7 nitrogen and oxygen atoms in total. The molecule has 0 aromatic carbocycles. The molecular weight excluding hydrogens is 420 g/mol. The van der Waals surface area contributed by atoms with Gasteiger partial charge in [-0.05, 0) is 31.1 Å². The lowest BCUT2D eigenvalue weighted by molar-refractivity contribution is -0.949. The molecule has 6 rings (SSSR count). The molecule has 1 atom stereocenters. The molecule has 164 valence electrons. The first-order valence-corrected chi connectivity index (χ1v) is 12.5. The largest absolute Gasteiger partial charge is 0.329 e. The molecule has 0 bridgehead atoms. The SMILES string of the molecule is O=C(C1=CC2=CC=C[N@@+]2(N2CCC(n3ccnc3-c3ccccn3)CC2)C1)N1CCSC1. The van der Waals surface area contributed by atoms with E-state index in [0.29, 0.717) is 10.6 Å². The third-order valence-electron chi connectivity index (χ3n) is 7.00. The Balaban J connectivity index is 1.17. The highest BCUT2D eigenvalue weighted by Gasteiger charge is 2.48. The lowest BCUT2D eigenvalue weighted by Gasteiger charge is -2.43. The fourth-order valence-corrected chi connectivity index (χ4v) is 6.28. The summed E-state index contributed by atoms with van der Waals surface area (Å²) >= 11 is 1.84. The summed E-state index contributed by atoms with van der Waals surface area (Å²) in [4.78, 5) is 24.1. The van der Waals surface area contributed by atoms with Crippen LogP contribution in [0.25, 0.3) is 11.5 Å². The summed E-state index contributed by atoms with van der Waals surface area (Å²) in [6, 6.07) is 6.37. The van der Waals surface area contributed by atoms with E-state index < -0.39 is 0 Å². The maximum Gasteiger partial charge on any atom is 0.256 e. The van der Waals surface area contributed by atoms with Crippen molar-refractivity contribution in [3.8, 4) is 11.5 Å². The van der Waals surface area contributed by atoms with Crippen molar-refractivity contribution in [2.45, 2.75) is 18.9 Å². The lowest BCUT2D eigenvalue weighted by Crippen LogP contribution is -2.56. The summed E-state index contributed by atoms with van der Waals surface area (Å²) in [5.74, 6) is 3.02. The van der Waals surface area contributed by atoms with Crippen molar-refractivity contribution in [1.29, 1.82) is 0 Å². The number of nitrogens with zero attached hydrogens (tertiary/aromatic N) is 6. The Morgan fingerprint density at radius 1 is 1.12 bits per heavy atom. The average molecular weight is 448 g/mol. The van der Waals surface area contributed by atoms with Gasteiger partial charge in [-0.15, -0.1) is 16.8 Å². The monoisotopic (exact) mass is 447 g/mol. The molecule has 0 aliphatic carbocycles. The highest BCUT2D eigenvalue weighted by atomic mass is 32.2. The van der Waals surface area contributed by atoms with E-state index in [1.165, 1.54) is 5.70 Å².